The highest BCUT2D eigenvalue weighted by Crippen LogP contribution is 2.17. The fourth-order valence-electron chi connectivity index (χ4n) is 2.85. The average Bonchev–Trinajstić information content (AvgIpc) is 2.40. The Labute approximate surface area is 122 Å². The first-order chi connectivity index (χ1) is 9.24. The highest BCUT2D eigenvalue weighted by molar-refractivity contribution is 6.30. The Hall–Kier alpha value is -0.570. The lowest BCUT2D eigenvalue weighted by Gasteiger charge is -2.24. The van der Waals surface area contributed by atoms with Crippen LogP contribution in [0.3, 0.4) is 0 Å². The normalized spacial score (nSPS) is 19.8. The molecule has 0 aliphatic carbocycles. The summed E-state index contributed by atoms with van der Waals surface area (Å²) in [5.41, 5.74) is 1.30. The van der Waals surface area contributed by atoms with Crippen LogP contribution in [-0.2, 0) is 6.54 Å². The predicted octanol–water partition coefficient (Wildman–Crippen LogP) is 3.55. The van der Waals surface area contributed by atoms with Gasteiger partial charge >= 0.3 is 0 Å². The monoisotopic (exact) mass is 280 g/mol. The van der Waals surface area contributed by atoms with Gasteiger partial charge in [0.1, 0.15) is 0 Å². The molecule has 0 saturated carbocycles. The van der Waals surface area contributed by atoms with Gasteiger partial charge < -0.3 is 10.2 Å². The van der Waals surface area contributed by atoms with Crippen LogP contribution in [0.2, 0.25) is 5.02 Å². The van der Waals surface area contributed by atoms with Crippen molar-refractivity contribution < 1.29 is 0 Å². The number of rotatable bonds is 6. The van der Waals surface area contributed by atoms with Gasteiger partial charge in [-0.15, -0.1) is 0 Å². The van der Waals surface area contributed by atoms with E-state index in [1.807, 2.05) is 12.1 Å². The van der Waals surface area contributed by atoms with Crippen molar-refractivity contribution in [1.82, 2.24) is 10.2 Å². The van der Waals surface area contributed by atoms with E-state index < -0.39 is 0 Å². The summed E-state index contributed by atoms with van der Waals surface area (Å²) in [5.74, 6) is 0.897. The zero-order chi connectivity index (χ0) is 13.5. The van der Waals surface area contributed by atoms with E-state index in [0.717, 1.165) is 17.5 Å². The lowest BCUT2D eigenvalue weighted by Crippen LogP contribution is -2.30. The maximum atomic E-state index is 6.01. The molecule has 0 aromatic heterocycles. The molecule has 1 aromatic rings. The number of hydrogen-bond acceptors (Lipinski definition) is 2. The second-order valence-electron chi connectivity index (χ2n) is 5.72. The molecule has 0 spiro atoms. The van der Waals surface area contributed by atoms with Crippen LogP contribution in [0.15, 0.2) is 24.3 Å². The van der Waals surface area contributed by atoms with Crippen LogP contribution in [0, 0.1) is 5.92 Å². The number of nitrogens with one attached hydrogen (secondary N) is 1. The maximum Gasteiger partial charge on any atom is 0.0409 e. The van der Waals surface area contributed by atoms with Crippen molar-refractivity contribution in [3.63, 3.8) is 0 Å². The van der Waals surface area contributed by atoms with Gasteiger partial charge in [0.05, 0.1) is 0 Å². The van der Waals surface area contributed by atoms with Gasteiger partial charge in [-0.3, -0.25) is 0 Å². The summed E-state index contributed by atoms with van der Waals surface area (Å²) >= 11 is 6.01. The average molecular weight is 281 g/mol. The van der Waals surface area contributed by atoms with Crippen molar-refractivity contribution >= 4 is 11.6 Å². The van der Waals surface area contributed by atoms with Crippen LogP contribution in [0.1, 0.15) is 31.2 Å². The number of piperidine rings is 1. The molecule has 2 rings (SSSR count). The molecule has 2 nitrogen and oxygen atoms in total. The van der Waals surface area contributed by atoms with Crippen LogP contribution in [0.4, 0.5) is 0 Å². The van der Waals surface area contributed by atoms with Gasteiger partial charge in [0.15, 0.2) is 0 Å². The largest absolute Gasteiger partial charge is 0.316 e. The van der Waals surface area contributed by atoms with Gasteiger partial charge in [0.2, 0.25) is 0 Å². The summed E-state index contributed by atoms with van der Waals surface area (Å²) in [5, 5.41) is 4.32. The van der Waals surface area contributed by atoms with Crippen LogP contribution in [-0.4, -0.2) is 31.6 Å². The van der Waals surface area contributed by atoms with Crippen LogP contribution >= 0.6 is 11.6 Å². The van der Waals surface area contributed by atoms with Gasteiger partial charge in [0, 0.05) is 11.6 Å². The van der Waals surface area contributed by atoms with Crippen molar-refractivity contribution in [1.29, 1.82) is 0 Å². The molecule has 1 fully saturated rings. The maximum absolute atomic E-state index is 6.01. The Balaban J connectivity index is 1.65. The standard InChI is InChI=1S/C16H25ClN2/c1-19(13-15-5-2-8-16(17)11-15)10-4-7-14-6-3-9-18-12-14/h2,5,8,11,14,18H,3-4,6-7,9-10,12-13H2,1H3. The molecular weight excluding hydrogens is 256 g/mol. The topological polar surface area (TPSA) is 15.3 Å². The quantitative estimate of drug-likeness (QED) is 0.857. The summed E-state index contributed by atoms with van der Waals surface area (Å²) in [7, 11) is 2.19. The van der Waals surface area contributed by atoms with E-state index in [0.29, 0.717) is 0 Å². The number of nitrogens with zero attached hydrogens (tertiary/aromatic N) is 1. The summed E-state index contributed by atoms with van der Waals surface area (Å²) in [6, 6.07) is 8.16. The molecule has 1 unspecified atom stereocenters. The molecular formula is C16H25ClN2. The molecule has 1 aliphatic heterocycles. The molecule has 1 saturated heterocycles. The van der Waals surface area contributed by atoms with E-state index in [2.05, 4.69) is 29.4 Å². The van der Waals surface area contributed by atoms with Crippen LogP contribution < -0.4 is 5.32 Å². The fourth-order valence-corrected chi connectivity index (χ4v) is 3.06. The smallest absolute Gasteiger partial charge is 0.0409 e. The minimum absolute atomic E-state index is 0.833. The molecule has 1 atom stereocenters. The number of hydrogen-bond donors (Lipinski definition) is 1. The third kappa shape index (κ3) is 5.52. The van der Waals surface area contributed by atoms with E-state index >= 15 is 0 Å². The summed E-state index contributed by atoms with van der Waals surface area (Å²) in [4.78, 5) is 2.39. The minimum Gasteiger partial charge on any atom is -0.316 e. The van der Waals surface area contributed by atoms with E-state index in [1.54, 1.807) is 0 Å². The molecule has 3 heteroatoms. The minimum atomic E-state index is 0.833. The second kappa shape index (κ2) is 7.88. The fraction of sp³-hybridized carbons (Fsp3) is 0.625. The van der Waals surface area contributed by atoms with Gasteiger partial charge in [-0.2, -0.15) is 0 Å². The molecule has 19 heavy (non-hydrogen) atoms. The zero-order valence-electron chi connectivity index (χ0n) is 11.9. The summed E-state index contributed by atoms with van der Waals surface area (Å²) in [6.07, 6.45) is 5.41. The van der Waals surface area contributed by atoms with Crippen molar-refractivity contribution in [3.05, 3.63) is 34.9 Å². The third-order valence-electron chi connectivity index (χ3n) is 3.89. The third-order valence-corrected chi connectivity index (χ3v) is 4.13. The molecule has 0 radical (unpaired) electrons. The Kier molecular flexibility index (Phi) is 6.15. The van der Waals surface area contributed by atoms with Crippen molar-refractivity contribution in [2.45, 2.75) is 32.2 Å². The first-order valence-electron chi connectivity index (χ1n) is 7.38. The Morgan fingerprint density at radius 3 is 3.05 bits per heavy atom. The van der Waals surface area contributed by atoms with Crippen LogP contribution in [0.5, 0.6) is 0 Å². The lowest BCUT2D eigenvalue weighted by molar-refractivity contribution is 0.287. The first-order valence-corrected chi connectivity index (χ1v) is 7.75. The van der Waals surface area contributed by atoms with Gasteiger partial charge in [-0.1, -0.05) is 23.7 Å². The highest BCUT2D eigenvalue weighted by atomic mass is 35.5. The molecule has 1 aliphatic rings. The van der Waals surface area contributed by atoms with E-state index in [-0.39, 0.29) is 0 Å². The SMILES string of the molecule is CN(CCCC1CCCNC1)Cc1cccc(Cl)c1. The molecule has 106 valence electrons. The predicted molar refractivity (Wildman–Crippen MR) is 82.6 cm³/mol. The summed E-state index contributed by atoms with van der Waals surface area (Å²) in [6.45, 7) is 4.59. The van der Waals surface area contributed by atoms with Crippen molar-refractivity contribution in [2.24, 2.45) is 5.92 Å². The van der Waals surface area contributed by atoms with Crippen molar-refractivity contribution in [3.8, 4) is 0 Å². The molecule has 1 aromatic carbocycles. The Morgan fingerprint density at radius 1 is 1.42 bits per heavy atom. The molecule has 0 amide bonds. The first kappa shape index (κ1) is 14.8. The van der Waals surface area contributed by atoms with Gasteiger partial charge in [0.25, 0.3) is 0 Å². The lowest BCUT2D eigenvalue weighted by atomic mass is 9.95. The summed E-state index contributed by atoms with van der Waals surface area (Å²) < 4.78 is 0. The van der Waals surface area contributed by atoms with Gasteiger partial charge in [-0.05, 0) is 76.0 Å². The zero-order valence-corrected chi connectivity index (χ0v) is 12.6. The van der Waals surface area contributed by atoms with E-state index in [1.165, 1.54) is 50.9 Å². The molecule has 0 bridgehead atoms. The van der Waals surface area contributed by atoms with E-state index in [9.17, 15) is 0 Å². The number of benzene rings is 1. The number of halogens is 1. The molecule has 1 heterocycles. The molecule has 1 N–H and O–H groups in total. The van der Waals surface area contributed by atoms with E-state index in [4.69, 9.17) is 11.6 Å². The van der Waals surface area contributed by atoms with Crippen LogP contribution in [0.25, 0.3) is 0 Å². The van der Waals surface area contributed by atoms with Gasteiger partial charge in [-0.25, -0.2) is 0 Å². The second-order valence-corrected chi connectivity index (χ2v) is 6.16. The Bertz CT molecular complexity index is 375. The Morgan fingerprint density at radius 2 is 2.32 bits per heavy atom. The highest BCUT2D eigenvalue weighted by Gasteiger charge is 2.12. The van der Waals surface area contributed by atoms with Crippen molar-refractivity contribution in [2.75, 3.05) is 26.7 Å².